The van der Waals surface area contributed by atoms with Crippen molar-refractivity contribution >= 4 is 0 Å². The first-order chi connectivity index (χ1) is 13.4. The Labute approximate surface area is 171 Å². The third-order valence-electron chi connectivity index (χ3n) is 10.3. The Hall–Kier alpha value is -0.540. The van der Waals surface area contributed by atoms with E-state index in [1.165, 1.54) is 44.9 Å². The molecule has 1 spiro atoms. The van der Waals surface area contributed by atoms with E-state index in [1.807, 2.05) is 0 Å². The zero-order valence-corrected chi connectivity index (χ0v) is 18.2. The van der Waals surface area contributed by atoms with Crippen molar-refractivity contribution < 1.29 is 14.6 Å². The Bertz CT molecular complexity index is 631. The standard InChI is InChI=1S/C25H40O3/c1-15(8-9-16(2)27-4)18-10-11-19-23-20(14-22-25(18,19)28-22)24(3)12-6-5-7-17(24)13-21(23)26/h15,17-23,26H,2,5-14H2,1,3-4H3/t15?,17?,18?,19?,20?,21-,22?,23?,24-,25?/m1/s1. The Morgan fingerprint density at radius 1 is 1.21 bits per heavy atom. The van der Waals surface area contributed by atoms with Crippen molar-refractivity contribution in [3.63, 3.8) is 0 Å². The number of hydrogen-bond acceptors (Lipinski definition) is 3. The molecule has 1 aliphatic heterocycles. The molecule has 10 atom stereocenters. The van der Waals surface area contributed by atoms with Crippen molar-refractivity contribution in [2.45, 2.75) is 95.9 Å². The van der Waals surface area contributed by atoms with Gasteiger partial charge in [-0.05, 0) is 85.9 Å². The van der Waals surface area contributed by atoms with Gasteiger partial charge < -0.3 is 14.6 Å². The van der Waals surface area contributed by atoms with E-state index in [9.17, 15) is 5.11 Å². The van der Waals surface area contributed by atoms with Crippen molar-refractivity contribution in [3.05, 3.63) is 12.3 Å². The molecular weight excluding hydrogens is 348 g/mol. The van der Waals surface area contributed by atoms with Gasteiger partial charge in [-0.25, -0.2) is 0 Å². The molecule has 0 aromatic carbocycles. The van der Waals surface area contributed by atoms with Crippen LogP contribution in [0.15, 0.2) is 12.3 Å². The van der Waals surface area contributed by atoms with Crippen molar-refractivity contribution in [2.75, 3.05) is 7.11 Å². The molecule has 1 heterocycles. The Kier molecular flexibility index (Phi) is 4.67. The first-order valence-electron chi connectivity index (χ1n) is 12.0. The van der Waals surface area contributed by atoms with Gasteiger partial charge in [0.05, 0.1) is 25.1 Å². The summed E-state index contributed by atoms with van der Waals surface area (Å²) >= 11 is 0. The third kappa shape index (κ3) is 2.61. The smallest absolute Gasteiger partial charge is 0.101 e. The molecule has 0 aromatic rings. The lowest BCUT2D eigenvalue weighted by Gasteiger charge is -2.58. The first-order valence-corrected chi connectivity index (χ1v) is 12.0. The van der Waals surface area contributed by atoms with E-state index in [4.69, 9.17) is 9.47 Å². The van der Waals surface area contributed by atoms with Crippen LogP contribution in [0.3, 0.4) is 0 Å². The summed E-state index contributed by atoms with van der Waals surface area (Å²) in [6.45, 7) is 8.98. The number of epoxide rings is 1. The van der Waals surface area contributed by atoms with E-state index in [2.05, 4.69) is 20.4 Å². The van der Waals surface area contributed by atoms with Crippen LogP contribution in [0, 0.1) is 40.9 Å². The van der Waals surface area contributed by atoms with Crippen molar-refractivity contribution in [1.29, 1.82) is 0 Å². The number of fused-ring (bicyclic) bond motifs is 4. The topological polar surface area (TPSA) is 42.0 Å². The summed E-state index contributed by atoms with van der Waals surface area (Å²) in [6.07, 6.45) is 12.7. The van der Waals surface area contributed by atoms with Crippen LogP contribution in [0.1, 0.15) is 78.1 Å². The minimum Gasteiger partial charge on any atom is -0.502 e. The predicted octanol–water partition coefficient (Wildman–Crippen LogP) is 5.32. The first kappa shape index (κ1) is 19.4. The maximum absolute atomic E-state index is 11.3. The molecule has 1 N–H and O–H groups in total. The summed E-state index contributed by atoms with van der Waals surface area (Å²) in [5.41, 5.74) is 0.536. The van der Waals surface area contributed by atoms with E-state index in [-0.39, 0.29) is 11.7 Å². The van der Waals surface area contributed by atoms with E-state index in [0.717, 1.165) is 30.9 Å². The molecular formula is C25H40O3. The Morgan fingerprint density at radius 3 is 2.82 bits per heavy atom. The molecule has 5 fully saturated rings. The van der Waals surface area contributed by atoms with Crippen molar-refractivity contribution in [2.24, 2.45) is 40.9 Å². The van der Waals surface area contributed by atoms with Gasteiger partial charge in [-0.15, -0.1) is 0 Å². The number of allylic oxidation sites excluding steroid dienone is 1. The molecule has 0 radical (unpaired) electrons. The van der Waals surface area contributed by atoms with Gasteiger partial charge in [-0.2, -0.15) is 0 Å². The van der Waals surface area contributed by atoms with Gasteiger partial charge >= 0.3 is 0 Å². The SMILES string of the molecule is C=C(CCC(C)C1CCC2C3C(CC4OC412)[C@]1(C)CCCCC1C[C@H]3O)OC. The van der Waals surface area contributed by atoms with Gasteiger partial charge in [0.1, 0.15) is 5.60 Å². The number of rotatable bonds is 5. The normalized spacial score (nSPS) is 52.6. The molecule has 4 saturated carbocycles. The number of aliphatic hydroxyl groups is 1. The number of methoxy groups -OCH3 is 1. The van der Waals surface area contributed by atoms with E-state index < -0.39 is 0 Å². The van der Waals surface area contributed by atoms with E-state index in [0.29, 0.717) is 41.1 Å². The monoisotopic (exact) mass is 388 g/mol. The molecule has 8 unspecified atom stereocenters. The second-order valence-electron chi connectivity index (χ2n) is 11.2. The molecule has 1 saturated heterocycles. The fourth-order valence-electron chi connectivity index (χ4n) is 8.76. The van der Waals surface area contributed by atoms with Gasteiger partial charge in [-0.3, -0.25) is 0 Å². The molecule has 3 heteroatoms. The van der Waals surface area contributed by atoms with Crippen LogP contribution in [0.5, 0.6) is 0 Å². The number of ether oxygens (including phenoxy) is 2. The number of aliphatic hydroxyl groups excluding tert-OH is 1. The highest BCUT2D eigenvalue weighted by atomic mass is 16.6. The zero-order chi connectivity index (χ0) is 19.7. The molecule has 0 aromatic heterocycles. The Morgan fingerprint density at radius 2 is 2.04 bits per heavy atom. The molecule has 5 rings (SSSR count). The summed E-state index contributed by atoms with van der Waals surface area (Å²) < 4.78 is 11.9. The lowest BCUT2D eigenvalue weighted by atomic mass is 9.46. The minimum atomic E-state index is -0.101. The highest BCUT2D eigenvalue weighted by molar-refractivity contribution is 5.23. The second-order valence-corrected chi connectivity index (χ2v) is 11.2. The quantitative estimate of drug-likeness (QED) is 0.512. The van der Waals surface area contributed by atoms with Crippen LogP contribution < -0.4 is 0 Å². The second kappa shape index (κ2) is 6.74. The van der Waals surface area contributed by atoms with Crippen molar-refractivity contribution in [3.8, 4) is 0 Å². The zero-order valence-electron chi connectivity index (χ0n) is 18.2. The van der Waals surface area contributed by atoms with Crippen LogP contribution in [-0.4, -0.2) is 30.0 Å². The average Bonchev–Trinajstić information content (AvgIpc) is 3.29. The fraction of sp³-hybridized carbons (Fsp3) is 0.920. The largest absolute Gasteiger partial charge is 0.502 e. The minimum absolute atomic E-state index is 0.0911. The Balaban J connectivity index is 1.37. The van der Waals surface area contributed by atoms with Gasteiger partial charge in [0.15, 0.2) is 0 Å². The summed E-state index contributed by atoms with van der Waals surface area (Å²) in [7, 11) is 1.72. The highest BCUT2D eigenvalue weighted by Gasteiger charge is 2.75. The van der Waals surface area contributed by atoms with Crippen LogP contribution >= 0.6 is 0 Å². The fourth-order valence-corrected chi connectivity index (χ4v) is 8.76. The number of hydrogen-bond donors (Lipinski definition) is 1. The van der Waals surface area contributed by atoms with Crippen molar-refractivity contribution in [1.82, 2.24) is 0 Å². The van der Waals surface area contributed by atoms with Crippen LogP contribution in [0.4, 0.5) is 0 Å². The van der Waals surface area contributed by atoms with E-state index in [1.54, 1.807) is 7.11 Å². The molecule has 0 bridgehead atoms. The van der Waals surface area contributed by atoms with Gasteiger partial charge in [0.25, 0.3) is 0 Å². The maximum Gasteiger partial charge on any atom is 0.101 e. The summed E-state index contributed by atoms with van der Waals surface area (Å²) in [5.74, 6) is 4.66. The molecule has 0 amide bonds. The summed E-state index contributed by atoms with van der Waals surface area (Å²) in [4.78, 5) is 0. The molecule has 158 valence electrons. The summed E-state index contributed by atoms with van der Waals surface area (Å²) in [6, 6.07) is 0. The molecule has 28 heavy (non-hydrogen) atoms. The van der Waals surface area contributed by atoms with Gasteiger partial charge in [0.2, 0.25) is 0 Å². The summed E-state index contributed by atoms with van der Waals surface area (Å²) in [5, 5.41) is 11.3. The lowest BCUT2D eigenvalue weighted by molar-refractivity contribution is -0.136. The third-order valence-corrected chi connectivity index (χ3v) is 10.3. The average molecular weight is 389 g/mol. The highest BCUT2D eigenvalue weighted by Crippen LogP contribution is 2.72. The maximum atomic E-state index is 11.3. The van der Waals surface area contributed by atoms with Gasteiger partial charge in [-0.1, -0.05) is 33.3 Å². The van der Waals surface area contributed by atoms with Gasteiger partial charge in [0, 0.05) is 6.42 Å². The molecule has 3 nitrogen and oxygen atoms in total. The molecule has 5 aliphatic rings. The predicted molar refractivity (Wildman–Crippen MR) is 111 cm³/mol. The molecule has 4 aliphatic carbocycles. The van der Waals surface area contributed by atoms with Crippen LogP contribution in [-0.2, 0) is 9.47 Å². The lowest BCUT2D eigenvalue weighted by Crippen LogP contribution is -2.58. The van der Waals surface area contributed by atoms with Crippen LogP contribution in [0.25, 0.3) is 0 Å². The van der Waals surface area contributed by atoms with Crippen LogP contribution in [0.2, 0.25) is 0 Å². The van der Waals surface area contributed by atoms with E-state index >= 15 is 0 Å².